The van der Waals surface area contributed by atoms with E-state index in [0.29, 0.717) is 6.67 Å². The number of hydrogen-bond acceptors (Lipinski definition) is 3. The Bertz CT molecular complexity index is 1590. The lowest BCUT2D eigenvalue weighted by Gasteiger charge is -2.37. The van der Waals surface area contributed by atoms with Gasteiger partial charge in [0.15, 0.2) is 0 Å². The minimum absolute atomic E-state index is 0.594. The van der Waals surface area contributed by atoms with Crippen LogP contribution in [0.4, 0.5) is 5.69 Å². The first kappa shape index (κ1) is 23.1. The Morgan fingerprint density at radius 1 is 0.757 bits per heavy atom. The summed E-state index contributed by atoms with van der Waals surface area (Å²) in [6.45, 7) is 4.59. The predicted octanol–water partition coefficient (Wildman–Crippen LogP) is 8.55. The Morgan fingerprint density at radius 3 is 2.35 bits per heavy atom. The van der Waals surface area contributed by atoms with E-state index < -0.39 is 0 Å². The second-order valence-corrected chi connectivity index (χ2v) is 9.20. The topological polar surface area (TPSA) is 27.6 Å². The van der Waals surface area contributed by atoms with E-state index in [1.165, 1.54) is 50.0 Å². The van der Waals surface area contributed by atoms with Crippen molar-refractivity contribution in [3.8, 4) is 22.3 Å². The summed E-state index contributed by atoms with van der Waals surface area (Å²) < 4.78 is 0. The second kappa shape index (κ2) is 9.94. The van der Waals surface area contributed by atoms with E-state index in [0.717, 1.165) is 24.2 Å². The molecule has 0 bridgehead atoms. The van der Waals surface area contributed by atoms with E-state index in [1.54, 1.807) is 0 Å². The van der Waals surface area contributed by atoms with Crippen molar-refractivity contribution in [3.63, 3.8) is 0 Å². The molecule has 0 fully saturated rings. The zero-order valence-corrected chi connectivity index (χ0v) is 21.4. The Labute approximate surface area is 219 Å². The normalized spacial score (nSPS) is 15.5. The molecule has 7 rings (SSSR count). The SMILES string of the molecule is C1=CC(N2C3=C(C=NCN3)c3cc(-c4cccc(-c5ccccc5)c4)cc4cccc2c34)=CCC1.CC. The molecule has 0 unspecified atom stereocenters. The Hall–Kier alpha value is -4.37. The second-order valence-electron chi connectivity index (χ2n) is 9.20. The molecule has 3 nitrogen and oxygen atoms in total. The number of rotatable bonds is 3. The zero-order valence-electron chi connectivity index (χ0n) is 21.4. The molecule has 1 aliphatic carbocycles. The fourth-order valence-corrected chi connectivity index (χ4v) is 5.45. The minimum atomic E-state index is 0.594. The number of aliphatic imine (C=N–C) groups is 1. The van der Waals surface area contributed by atoms with Gasteiger partial charge in [0.2, 0.25) is 0 Å². The lowest BCUT2D eigenvalue weighted by molar-refractivity contribution is 0.786. The zero-order chi connectivity index (χ0) is 25.2. The first-order valence-corrected chi connectivity index (χ1v) is 13.2. The predicted molar refractivity (Wildman–Crippen MR) is 159 cm³/mol. The highest BCUT2D eigenvalue weighted by atomic mass is 15.3. The van der Waals surface area contributed by atoms with Crippen molar-refractivity contribution >= 4 is 28.2 Å². The average Bonchev–Trinajstić information content (AvgIpc) is 2.99. The highest BCUT2D eigenvalue weighted by molar-refractivity contribution is 6.22. The Kier molecular flexibility index (Phi) is 6.20. The molecule has 3 aliphatic rings. The largest absolute Gasteiger partial charge is 0.352 e. The molecule has 1 N–H and O–H groups in total. The van der Waals surface area contributed by atoms with Gasteiger partial charge in [0, 0.05) is 22.9 Å². The lowest BCUT2D eigenvalue weighted by Crippen LogP contribution is -2.36. The van der Waals surface area contributed by atoms with Gasteiger partial charge in [-0.2, -0.15) is 0 Å². The number of allylic oxidation sites excluding steroid dienone is 4. The monoisotopic (exact) mass is 481 g/mol. The van der Waals surface area contributed by atoms with Gasteiger partial charge in [-0.1, -0.05) is 86.7 Å². The fraction of sp³-hybridized carbons (Fsp3) is 0.147. The summed E-state index contributed by atoms with van der Waals surface area (Å²) in [5.41, 5.74) is 9.74. The molecule has 182 valence electrons. The van der Waals surface area contributed by atoms with Crippen LogP contribution in [0.2, 0.25) is 0 Å². The van der Waals surface area contributed by atoms with Crippen LogP contribution in [-0.2, 0) is 0 Å². The number of nitrogens with one attached hydrogen (secondary N) is 1. The third kappa shape index (κ3) is 4.07. The van der Waals surface area contributed by atoms with Crippen molar-refractivity contribution in [3.05, 3.63) is 120 Å². The van der Waals surface area contributed by atoms with Gasteiger partial charge in [-0.3, -0.25) is 9.89 Å². The fourth-order valence-electron chi connectivity index (χ4n) is 5.45. The van der Waals surface area contributed by atoms with Crippen LogP contribution in [0.5, 0.6) is 0 Å². The summed E-state index contributed by atoms with van der Waals surface area (Å²) in [4.78, 5) is 6.98. The third-order valence-corrected chi connectivity index (χ3v) is 7.06. The van der Waals surface area contributed by atoms with E-state index >= 15 is 0 Å². The van der Waals surface area contributed by atoms with Crippen LogP contribution in [0.25, 0.3) is 38.6 Å². The van der Waals surface area contributed by atoms with Gasteiger partial charge in [-0.05, 0) is 76.4 Å². The van der Waals surface area contributed by atoms with Gasteiger partial charge in [-0.15, -0.1) is 0 Å². The lowest BCUT2D eigenvalue weighted by atomic mass is 9.88. The molecule has 2 aliphatic heterocycles. The number of fused-ring (bicyclic) bond motifs is 1. The molecule has 2 heterocycles. The highest BCUT2D eigenvalue weighted by Crippen LogP contribution is 2.45. The van der Waals surface area contributed by atoms with Crippen molar-refractivity contribution in [1.29, 1.82) is 0 Å². The van der Waals surface area contributed by atoms with Crippen molar-refractivity contribution in [2.24, 2.45) is 4.99 Å². The first-order valence-electron chi connectivity index (χ1n) is 13.2. The summed E-state index contributed by atoms with van der Waals surface area (Å²) >= 11 is 0. The van der Waals surface area contributed by atoms with Crippen molar-refractivity contribution in [1.82, 2.24) is 5.32 Å². The molecule has 3 heteroatoms. The summed E-state index contributed by atoms with van der Waals surface area (Å²) in [6, 6.07) is 30.7. The molecule has 0 radical (unpaired) electrons. The minimum Gasteiger partial charge on any atom is -0.352 e. The van der Waals surface area contributed by atoms with E-state index in [-0.39, 0.29) is 0 Å². The maximum atomic E-state index is 4.60. The molecule has 0 amide bonds. The number of hydrogen-bond donors (Lipinski definition) is 1. The van der Waals surface area contributed by atoms with Crippen LogP contribution < -0.4 is 10.2 Å². The molecule has 0 spiro atoms. The number of benzene rings is 4. The van der Waals surface area contributed by atoms with Gasteiger partial charge < -0.3 is 5.32 Å². The highest BCUT2D eigenvalue weighted by Gasteiger charge is 2.30. The van der Waals surface area contributed by atoms with Crippen molar-refractivity contribution in [2.75, 3.05) is 11.6 Å². The summed E-state index contributed by atoms with van der Waals surface area (Å²) in [5.74, 6) is 1.12. The van der Waals surface area contributed by atoms with Crippen LogP contribution in [0.1, 0.15) is 32.3 Å². The van der Waals surface area contributed by atoms with Gasteiger partial charge in [0.1, 0.15) is 12.5 Å². The van der Waals surface area contributed by atoms with Crippen LogP contribution >= 0.6 is 0 Å². The summed E-state index contributed by atoms with van der Waals surface area (Å²) in [7, 11) is 0. The van der Waals surface area contributed by atoms with Gasteiger partial charge >= 0.3 is 0 Å². The van der Waals surface area contributed by atoms with Crippen LogP contribution in [0.3, 0.4) is 0 Å². The molecule has 0 aromatic heterocycles. The molecule has 4 aromatic rings. The van der Waals surface area contributed by atoms with E-state index in [4.69, 9.17) is 0 Å². The quantitative estimate of drug-likeness (QED) is 0.317. The Morgan fingerprint density at radius 2 is 1.54 bits per heavy atom. The van der Waals surface area contributed by atoms with E-state index in [9.17, 15) is 0 Å². The molecular weight excluding hydrogens is 450 g/mol. The van der Waals surface area contributed by atoms with Crippen LogP contribution in [0.15, 0.2) is 120 Å². The van der Waals surface area contributed by atoms with E-state index in [1.807, 2.05) is 20.1 Å². The molecule has 4 aromatic carbocycles. The van der Waals surface area contributed by atoms with E-state index in [2.05, 4.69) is 118 Å². The standard InChI is InChI=1S/C32H25N3.C2H6/c1-3-9-22(10-4-1)23-11-7-12-24(17-23)26-18-25-13-8-16-30-31(25)28(19-26)29-20-33-21-34-32(29)35(30)27-14-5-2-6-15-27;1-2/h1,3-5,7-20,34H,2,6,21H2;1-2H3. The van der Waals surface area contributed by atoms with Crippen molar-refractivity contribution in [2.45, 2.75) is 26.7 Å². The smallest absolute Gasteiger partial charge is 0.122 e. The number of anilines is 1. The number of nitrogens with zero attached hydrogens (tertiary/aromatic N) is 2. The van der Waals surface area contributed by atoms with Gasteiger partial charge in [-0.25, -0.2) is 0 Å². The maximum absolute atomic E-state index is 4.60. The molecule has 0 saturated heterocycles. The van der Waals surface area contributed by atoms with Crippen LogP contribution in [-0.4, -0.2) is 12.9 Å². The van der Waals surface area contributed by atoms with Crippen LogP contribution in [0, 0.1) is 0 Å². The first-order chi connectivity index (χ1) is 18.4. The van der Waals surface area contributed by atoms with Gasteiger partial charge in [0.25, 0.3) is 0 Å². The summed E-state index contributed by atoms with van der Waals surface area (Å²) in [5, 5.41) is 6.10. The van der Waals surface area contributed by atoms with Gasteiger partial charge in [0.05, 0.1) is 5.69 Å². The average molecular weight is 482 g/mol. The third-order valence-electron chi connectivity index (χ3n) is 7.06. The molecule has 37 heavy (non-hydrogen) atoms. The molecule has 0 atom stereocenters. The maximum Gasteiger partial charge on any atom is 0.122 e. The summed E-state index contributed by atoms with van der Waals surface area (Å²) in [6.07, 6.45) is 11.1. The molecular formula is C34H31N3. The molecule has 0 saturated carbocycles. The van der Waals surface area contributed by atoms with Crippen molar-refractivity contribution < 1.29 is 0 Å². The Balaban J connectivity index is 0.00000123.